The quantitative estimate of drug-likeness (QED) is 0.543. The Bertz CT molecular complexity index is 265. The smallest absolute Gasteiger partial charge is 0.0109 e. The van der Waals surface area contributed by atoms with Crippen molar-refractivity contribution in [2.45, 2.75) is 78.9 Å². The van der Waals surface area contributed by atoms with Crippen molar-refractivity contribution in [1.82, 2.24) is 14.7 Å². The van der Waals surface area contributed by atoms with Gasteiger partial charge in [0.25, 0.3) is 0 Å². The topological polar surface area (TPSA) is 9.72 Å². The third kappa shape index (κ3) is 9.81. The summed E-state index contributed by atoms with van der Waals surface area (Å²) in [6.07, 6.45) is 3.89. The fourth-order valence-electron chi connectivity index (χ4n) is 2.42. The minimum absolute atomic E-state index is 0.644. The molecule has 0 amide bonds. The van der Waals surface area contributed by atoms with Crippen molar-refractivity contribution in [2.75, 3.05) is 40.8 Å². The van der Waals surface area contributed by atoms with E-state index in [-0.39, 0.29) is 0 Å². The molecule has 0 saturated heterocycles. The van der Waals surface area contributed by atoms with Crippen molar-refractivity contribution >= 4 is 0 Å². The zero-order valence-corrected chi connectivity index (χ0v) is 16.9. The van der Waals surface area contributed by atoms with Crippen LogP contribution >= 0.6 is 0 Å². The third-order valence-corrected chi connectivity index (χ3v) is 5.25. The highest BCUT2D eigenvalue weighted by atomic mass is 15.2. The molecule has 0 radical (unpaired) electrons. The second-order valence-electron chi connectivity index (χ2n) is 7.99. The highest BCUT2D eigenvalue weighted by Gasteiger charge is 2.14. The van der Waals surface area contributed by atoms with E-state index in [0.29, 0.717) is 18.1 Å². The molecule has 0 aliphatic rings. The molecule has 0 aromatic carbocycles. The van der Waals surface area contributed by atoms with Crippen LogP contribution in [0.1, 0.15) is 60.8 Å². The van der Waals surface area contributed by atoms with Gasteiger partial charge in [0.05, 0.1) is 0 Å². The summed E-state index contributed by atoms with van der Waals surface area (Å²) in [6.45, 7) is 17.4. The van der Waals surface area contributed by atoms with Gasteiger partial charge in [-0.05, 0) is 80.6 Å². The SMILES string of the molecule is CC(C)CCC(C)N(C)CCN(C)C(C)CCN(C)C(C)C. The van der Waals surface area contributed by atoms with Gasteiger partial charge in [-0.15, -0.1) is 0 Å². The van der Waals surface area contributed by atoms with Crippen LogP contribution < -0.4 is 0 Å². The second-order valence-corrected chi connectivity index (χ2v) is 7.99. The normalized spacial score (nSPS) is 15.5. The van der Waals surface area contributed by atoms with Crippen molar-refractivity contribution in [3.05, 3.63) is 0 Å². The van der Waals surface area contributed by atoms with E-state index >= 15 is 0 Å². The number of rotatable bonds is 12. The molecule has 0 aromatic heterocycles. The highest BCUT2D eigenvalue weighted by molar-refractivity contribution is 4.70. The summed E-state index contributed by atoms with van der Waals surface area (Å²) in [5.74, 6) is 0.816. The molecule has 0 saturated carbocycles. The zero-order chi connectivity index (χ0) is 17.3. The van der Waals surface area contributed by atoms with E-state index < -0.39 is 0 Å². The van der Waals surface area contributed by atoms with Crippen LogP contribution in [-0.4, -0.2) is 73.6 Å². The van der Waals surface area contributed by atoms with Gasteiger partial charge in [0, 0.05) is 31.2 Å². The standard InChI is InChI=1S/C19H43N3/c1-16(2)10-11-18(5)21(8)14-15-22(9)19(6)12-13-20(7)17(3)4/h16-19H,10-15H2,1-9H3. The Labute approximate surface area is 141 Å². The largest absolute Gasteiger partial charge is 0.304 e. The molecule has 0 rings (SSSR count). The van der Waals surface area contributed by atoms with Crippen molar-refractivity contribution in [2.24, 2.45) is 5.92 Å². The number of likely N-dealkylation sites (N-methyl/N-ethyl adjacent to an activating group) is 2. The summed E-state index contributed by atoms with van der Waals surface area (Å²) >= 11 is 0. The van der Waals surface area contributed by atoms with Gasteiger partial charge in [-0.2, -0.15) is 0 Å². The molecule has 0 N–H and O–H groups in total. The first-order valence-corrected chi connectivity index (χ1v) is 9.25. The van der Waals surface area contributed by atoms with Gasteiger partial charge in [0.15, 0.2) is 0 Å². The van der Waals surface area contributed by atoms with E-state index in [9.17, 15) is 0 Å². The molecule has 3 nitrogen and oxygen atoms in total. The molecule has 2 atom stereocenters. The van der Waals surface area contributed by atoms with E-state index in [1.165, 1.54) is 32.4 Å². The maximum Gasteiger partial charge on any atom is 0.0109 e. The Balaban J connectivity index is 3.97. The number of hydrogen-bond acceptors (Lipinski definition) is 3. The van der Waals surface area contributed by atoms with Crippen molar-refractivity contribution < 1.29 is 0 Å². The highest BCUT2D eigenvalue weighted by Crippen LogP contribution is 2.11. The molecule has 3 heteroatoms. The second kappa shape index (κ2) is 11.4. The van der Waals surface area contributed by atoms with Crippen LogP contribution in [-0.2, 0) is 0 Å². The molecule has 0 aliphatic carbocycles. The summed E-state index contributed by atoms with van der Waals surface area (Å²) < 4.78 is 0. The van der Waals surface area contributed by atoms with Crippen LogP contribution in [0.15, 0.2) is 0 Å². The minimum atomic E-state index is 0.644. The van der Waals surface area contributed by atoms with Crippen LogP contribution in [0.3, 0.4) is 0 Å². The summed E-state index contributed by atoms with van der Waals surface area (Å²) in [5.41, 5.74) is 0. The molecule has 0 aromatic rings. The van der Waals surface area contributed by atoms with Gasteiger partial charge < -0.3 is 14.7 Å². The lowest BCUT2D eigenvalue weighted by atomic mass is 10.0. The Hall–Kier alpha value is -0.120. The molecule has 0 aliphatic heterocycles. The summed E-state index contributed by atoms with van der Waals surface area (Å²) in [7, 11) is 6.77. The number of hydrogen-bond donors (Lipinski definition) is 0. The molecule has 0 spiro atoms. The summed E-state index contributed by atoms with van der Waals surface area (Å²) in [6, 6.07) is 1.99. The Morgan fingerprint density at radius 3 is 1.41 bits per heavy atom. The van der Waals surface area contributed by atoms with E-state index in [1.807, 2.05) is 0 Å². The summed E-state index contributed by atoms with van der Waals surface area (Å²) in [5, 5.41) is 0. The van der Waals surface area contributed by atoms with E-state index in [4.69, 9.17) is 0 Å². The van der Waals surface area contributed by atoms with E-state index in [0.717, 1.165) is 12.5 Å². The van der Waals surface area contributed by atoms with Crippen molar-refractivity contribution in [3.8, 4) is 0 Å². The molecule has 0 fully saturated rings. The molecular weight excluding hydrogens is 270 g/mol. The first-order chi connectivity index (χ1) is 10.1. The van der Waals surface area contributed by atoms with Gasteiger partial charge in [-0.3, -0.25) is 0 Å². The van der Waals surface area contributed by atoms with E-state index in [2.05, 4.69) is 77.4 Å². The molecule has 0 bridgehead atoms. The predicted molar refractivity (Wildman–Crippen MR) is 101 cm³/mol. The van der Waals surface area contributed by atoms with Crippen LogP contribution in [0.5, 0.6) is 0 Å². The molecule has 2 unspecified atom stereocenters. The zero-order valence-electron chi connectivity index (χ0n) is 16.9. The monoisotopic (exact) mass is 313 g/mol. The van der Waals surface area contributed by atoms with Crippen LogP contribution in [0.2, 0.25) is 0 Å². The lowest BCUT2D eigenvalue weighted by molar-refractivity contribution is 0.164. The van der Waals surface area contributed by atoms with Crippen LogP contribution in [0, 0.1) is 5.92 Å². The maximum atomic E-state index is 2.52. The van der Waals surface area contributed by atoms with Gasteiger partial charge in [-0.25, -0.2) is 0 Å². The minimum Gasteiger partial charge on any atom is -0.304 e. The van der Waals surface area contributed by atoms with Crippen LogP contribution in [0.25, 0.3) is 0 Å². The first kappa shape index (κ1) is 21.9. The Kier molecular flexibility index (Phi) is 11.4. The lowest BCUT2D eigenvalue weighted by Gasteiger charge is -2.31. The molecular formula is C19H43N3. The average molecular weight is 314 g/mol. The summed E-state index contributed by atoms with van der Waals surface area (Å²) in [4.78, 5) is 7.47. The fourth-order valence-corrected chi connectivity index (χ4v) is 2.42. The average Bonchev–Trinajstić information content (AvgIpc) is 2.46. The van der Waals surface area contributed by atoms with Gasteiger partial charge in [0.1, 0.15) is 0 Å². The van der Waals surface area contributed by atoms with Gasteiger partial charge in [0.2, 0.25) is 0 Å². The molecule has 22 heavy (non-hydrogen) atoms. The van der Waals surface area contributed by atoms with E-state index in [1.54, 1.807) is 0 Å². The molecule has 0 heterocycles. The first-order valence-electron chi connectivity index (χ1n) is 9.25. The fraction of sp³-hybridized carbons (Fsp3) is 1.00. The molecule has 134 valence electrons. The van der Waals surface area contributed by atoms with Gasteiger partial charge in [-0.1, -0.05) is 13.8 Å². The number of nitrogens with zero attached hydrogens (tertiary/aromatic N) is 3. The Morgan fingerprint density at radius 2 is 1.00 bits per heavy atom. The lowest BCUT2D eigenvalue weighted by Crippen LogP contribution is -2.40. The maximum absolute atomic E-state index is 2.52. The Morgan fingerprint density at radius 1 is 0.545 bits per heavy atom. The van der Waals surface area contributed by atoms with Crippen molar-refractivity contribution in [3.63, 3.8) is 0 Å². The van der Waals surface area contributed by atoms with Crippen LogP contribution in [0.4, 0.5) is 0 Å². The predicted octanol–water partition coefficient (Wildman–Crippen LogP) is 3.79. The van der Waals surface area contributed by atoms with Gasteiger partial charge >= 0.3 is 0 Å². The van der Waals surface area contributed by atoms with Crippen molar-refractivity contribution in [1.29, 1.82) is 0 Å². The third-order valence-electron chi connectivity index (χ3n) is 5.25.